The maximum atomic E-state index is 5.95. The van der Waals surface area contributed by atoms with E-state index >= 15 is 0 Å². The smallest absolute Gasteiger partial charge is 0.0496 e. The van der Waals surface area contributed by atoms with E-state index in [0.29, 0.717) is 11.8 Å². The van der Waals surface area contributed by atoms with Crippen LogP contribution in [-0.2, 0) is 0 Å². The number of hydrogen-bond donors (Lipinski definition) is 1. The minimum absolute atomic E-state index is 0.134. The second-order valence-electron chi connectivity index (χ2n) is 3.42. The zero-order valence-corrected chi connectivity index (χ0v) is 11.4. The van der Waals surface area contributed by atoms with E-state index in [2.05, 4.69) is 40.7 Å². The molecule has 1 aliphatic rings. The van der Waals surface area contributed by atoms with Crippen molar-refractivity contribution in [1.29, 1.82) is 0 Å². The van der Waals surface area contributed by atoms with Crippen LogP contribution >= 0.6 is 36.7 Å². The van der Waals surface area contributed by atoms with Crippen molar-refractivity contribution in [2.75, 3.05) is 0 Å². The molecule has 0 aromatic heterocycles. The normalized spacial score (nSPS) is 33.1. The first-order chi connectivity index (χ1) is 5.54. The van der Waals surface area contributed by atoms with E-state index in [1.165, 1.54) is 8.06 Å². The predicted molar refractivity (Wildman–Crippen MR) is 68.0 cm³/mol. The SMILES string of the molecule is CC1=C(Br)I=C[C@H](C)[C@@H]1[C@@H](C)N. The fraction of sp³-hybridized carbons (Fsp3) is 0.667. The van der Waals surface area contributed by atoms with Gasteiger partial charge in [-0.05, 0) is 45.3 Å². The molecule has 1 rings (SSSR count). The predicted octanol–water partition coefficient (Wildman–Crippen LogP) is 3.00. The van der Waals surface area contributed by atoms with E-state index in [0.717, 1.165) is 0 Å². The maximum Gasteiger partial charge on any atom is 0.0496 e. The summed E-state index contributed by atoms with van der Waals surface area (Å²) < 4.78 is 3.88. The second kappa shape index (κ2) is 4.33. The monoisotopic (exact) mass is 343 g/mol. The first-order valence-electron chi connectivity index (χ1n) is 4.12. The molecule has 3 heteroatoms. The van der Waals surface area contributed by atoms with Crippen molar-refractivity contribution in [2.24, 2.45) is 17.6 Å². The van der Waals surface area contributed by atoms with Gasteiger partial charge in [-0.1, -0.05) is 27.7 Å². The molecular formula is C9H15BrIN. The number of halogens is 2. The summed E-state index contributed by atoms with van der Waals surface area (Å²) in [5.74, 6) is 1.21. The molecule has 70 valence electrons. The lowest BCUT2D eigenvalue weighted by atomic mass is 9.85. The molecule has 0 aliphatic carbocycles. The molecule has 0 fully saturated rings. The van der Waals surface area contributed by atoms with Crippen LogP contribution in [-0.4, -0.2) is 10.1 Å². The van der Waals surface area contributed by atoms with Crippen molar-refractivity contribution in [3.8, 4) is 0 Å². The summed E-state index contributed by atoms with van der Waals surface area (Å²) in [6, 6.07) is 0.271. The molecule has 0 aromatic rings. The molecule has 0 spiro atoms. The topological polar surface area (TPSA) is 26.0 Å². The molecule has 0 radical (unpaired) electrons. The van der Waals surface area contributed by atoms with E-state index in [1.807, 2.05) is 0 Å². The molecule has 0 bridgehead atoms. The molecule has 1 nitrogen and oxygen atoms in total. The van der Waals surface area contributed by atoms with Crippen molar-refractivity contribution < 1.29 is 0 Å². The molecule has 0 unspecified atom stereocenters. The Morgan fingerprint density at radius 3 is 2.67 bits per heavy atom. The molecule has 0 amide bonds. The molecule has 1 aliphatic heterocycles. The van der Waals surface area contributed by atoms with E-state index in [9.17, 15) is 0 Å². The van der Waals surface area contributed by atoms with Crippen molar-refractivity contribution in [3.05, 3.63) is 8.06 Å². The number of hydrogen-bond acceptors (Lipinski definition) is 1. The first kappa shape index (κ1) is 10.9. The zero-order chi connectivity index (χ0) is 9.30. The molecule has 2 N–H and O–H groups in total. The van der Waals surface area contributed by atoms with Crippen LogP contribution in [0, 0.1) is 11.8 Å². The van der Waals surface area contributed by atoms with Crippen LogP contribution in [0.3, 0.4) is 0 Å². The lowest BCUT2D eigenvalue weighted by molar-refractivity contribution is 0.443. The van der Waals surface area contributed by atoms with Gasteiger partial charge in [0, 0.05) is 14.4 Å². The first-order valence-corrected chi connectivity index (χ1v) is 7.24. The molecule has 0 saturated heterocycles. The molecule has 0 aromatic carbocycles. The van der Waals surface area contributed by atoms with Crippen LogP contribution < -0.4 is 5.73 Å². The minimum Gasteiger partial charge on any atom is -0.327 e. The third kappa shape index (κ3) is 2.17. The molecule has 3 atom stereocenters. The van der Waals surface area contributed by atoms with Crippen LogP contribution in [0.1, 0.15) is 20.8 Å². The van der Waals surface area contributed by atoms with Gasteiger partial charge in [0.1, 0.15) is 0 Å². The van der Waals surface area contributed by atoms with Gasteiger partial charge in [-0.2, -0.15) is 0 Å². The third-order valence-electron chi connectivity index (χ3n) is 2.29. The van der Waals surface area contributed by atoms with Gasteiger partial charge >= 0.3 is 0 Å². The molecule has 12 heavy (non-hydrogen) atoms. The maximum absolute atomic E-state index is 5.95. The van der Waals surface area contributed by atoms with Gasteiger partial charge in [-0.3, -0.25) is 0 Å². The van der Waals surface area contributed by atoms with Crippen molar-refractivity contribution in [3.63, 3.8) is 0 Å². The van der Waals surface area contributed by atoms with Crippen molar-refractivity contribution in [2.45, 2.75) is 26.8 Å². The van der Waals surface area contributed by atoms with E-state index < -0.39 is 0 Å². The highest BCUT2D eigenvalue weighted by atomic mass is 127. The number of nitrogens with two attached hydrogens (primary N) is 1. The van der Waals surface area contributed by atoms with Gasteiger partial charge < -0.3 is 5.73 Å². The van der Waals surface area contributed by atoms with Gasteiger partial charge in [0.25, 0.3) is 0 Å². The highest BCUT2D eigenvalue weighted by Crippen LogP contribution is 2.38. The van der Waals surface area contributed by atoms with Gasteiger partial charge in [0.2, 0.25) is 0 Å². The number of rotatable bonds is 1. The Morgan fingerprint density at radius 2 is 2.25 bits per heavy atom. The van der Waals surface area contributed by atoms with Crippen LogP contribution in [0.15, 0.2) is 8.06 Å². The molecule has 1 heterocycles. The zero-order valence-electron chi connectivity index (χ0n) is 7.64. The summed E-state index contributed by atoms with van der Waals surface area (Å²) in [6.45, 7) is 6.58. The van der Waals surface area contributed by atoms with E-state index in [4.69, 9.17) is 5.73 Å². The average molecular weight is 344 g/mol. The highest BCUT2D eigenvalue weighted by molar-refractivity contribution is 14.2. The van der Waals surface area contributed by atoms with Crippen LogP contribution in [0.4, 0.5) is 0 Å². The lowest BCUT2D eigenvalue weighted by Crippen LogP contribution is -2.33. The average Bonchev–Trinajstić information content (AvgIpc) is 1.97. The van der Waals surface area contributed by atoms with Crippen LogP contribution in [0.5, 0.6) is 0 Å². The summed E-state index contributed by atoms with van der Waals surface area (Å²) in [7, 11) is 0. The Labute approximate surface area is 92.7 Å². The van der Waals surface area contributed by atoms with Gasteiger partial charge in [-0.15, -0.1) is 0 Å². The Hall–Kier alpha value is 0.780. The van der Waals surface area contributed by atoms with Crippen molar-refractivity contribution >= 4 is 40.7 Å². The Balaban J connectivity index is 2.92. The highest BCUT2D eigenvalue weighted by Gasteiger charge is 2.25. The fourth-order valence-corrected chi connectivity index (χ4v) is 4.83. The van der Waals surface area contributed by atoms with Crippen molar-refractivity contribution in [1.82, 2.24) is 0 Å². The summed E-state index contributed by atoms with van der Waals surface area (Å²) >= 11 is 3.77. The lowest BCUT2D eigenvalue weighted by Gasteiger charge is -2.29. The van der Waals surface area contributed by atoms with E-state index in [-0.39, 0.29) is 26.8 Å². The van der Waals surface area contributed by atoms with Gasteiger partial charge in [0.05, 0.1) is 0 Å². The van der Waals surface area contributed by atoms with Gasteiger partial charge in [-0.25, -0.2) is 0 Å². The third-order valence-corrected chi connectivity index (χ3v) is 6.97. The Kier molecular flexibility index (Phi) is 3.92. The van der Waals surface area contributed by atoms with Gasteiger partial charge in [0.15, 0.2) is 0 Å². The largest absolute Gasteiger partial charge is 0.327 e. The Bertz CT molecular complexity index is 233. The summed E-state index contributed by atoms with van der Waals surface area (Å²) in [4.78, 5) is 0. The molecular weight excluding hydrogens is 329 g/mol. The fourth-order valence-electron chi connectivity index (χ4n) is 1.71. The summed E-state index contributed by atoms with van der Waals surface area (Å²) in [5.41, 5.74) is 7.43. The quantitative estimate of drug-likeness (QED) is 0.728. The molecule has 0 saturated carbocycles. The van der Waals surface area contributed by atoms with Crippen LogP contribution in [0.2, 0.25) is 0 Å². The standard InChI is InChI=1S/C9H15BrIN/c1-5-4-11-9(10)6(2)8(5)7(3)12/h4-5,7-8H,12H2,1-3H3/t5-,7+,8-/m0/s1. The van der Waals surface area contributed by atoms with E-state index in [1.54, 1.807) is 0 Å². The Morgan fingerprint density at radius 1 is 1.67 bits per heavy atom. The van der Waals surface area contributed by atoms with Crippen LogP contribution in [0.25, 0.3) is 0 Å². The summed E-state index contributed by atoms with van der Waals surface area (Å²) in [6.07, 6.45) is 0. The summed E-state index contributed by atoms with van der Waals surface area (Å²) in [5, 5.41) is 0. The minimum atomic E-state index is 0.134. The second-order valence-corrected chi connectivity index (χ2v) is 8.12.